The summed E-state index contributed by atoms with van der Waals surface area (Å²) in [4.78, 5) is 5.39. The van der Waals surface area contributed by atoms with Gasteiger partial charge in [0.05, 0.1) is 9.79 Å². The summed E-state index contributed by atoms with van der Waals surface area (Å²) < 4.78 is 25.4. The van der Waals surface area contributed by atoms with Crippen LogP contribution < -0.4 is 5.73 Å². The van der Waals surface area contributed by atoms with Crippen molar-refractivity contribution in [1.29, 1.82) is 0 Å². The van der Waals surface area contributed by atoms with Gasteiger partial charge >= 0.3 is 0 Å². The van der Waals surface area contributed by atoms with Gasteiger partial charge in [0.2, 0.25) is 9.84 Å². The van der Waals surface area contributed by atoms with E-state index in [-0.39, 0.29) is 9.79 Å². The fraction of sp³-hybridized carbons (Fsp3) is 0. The van der Waals surface area contributed by atoms with Crippen LogP contribution in [0.3, 0.4) is 0 Å². The van der Waals surface area contributed by atoms with Crippen molar-refractivity contribution >= 4 is 27.3 Å². The van der Waals surface area contributed by atoms with Crippen LogP contribution in [0.15, 0.2) is 92.6 Å². The molecule has 0 aliphatic carbocycles. The molecule has 0 spiro atoms. The van der Waals surface area contributed by atoms with Gasteiger partial charge in [0.15, 0.2) is 0 Å². The number of sulfone groups is 1. The highest BCUT2D eigenvalue weighted by Gasteiger charge is 2.18. The van der Waals surface area contributed by atoms with Crippen molar-refractivity contribution in [3.8, 4) is 0 Å². The molecule has 3 aromatic rings. The molecule has 23 heavy (non-hydrogen) atoms. The van der Waals surface area contributed by atoms with Crippen molar-refractivity contribution in [3.63, 3.8) is 0 Å². The number of anilines is 1. The van der Waals surface area contributed by atoms with Crippen LogP contribution >= 0.6 is 11.8 Å². The first-order chi connectivity index (χ1) is 11.1. The topological polar surface area (TPSA) is 73.0 Å². The maximum absolute atomic E-state index is 12.7. The lowest BCUT2D eigenvalue weighted by Gasteiger charge is -2.08. The second-order valence-corrected chi connectivity index (χ2v) is 7.87. The fourth-order valence-electron chi connectivity index (χ4n) is 2.07. The molecule has 0 saturated heterocycles. The number of nitrogens with zero attached hydrogens (tertiary/aromatic N) is 1. The molecule has 2 aromatic carbocycles. The number of hydrogen-bond acceptors (Lipinski definition) is 5. The zero-order chi connectivity index (χ0) is 16.3. The number of rotatable bonds is 4. The molecule has 4 nitrogen and oxygen atoms in total. The van der Waals surface area contributed by atoms with Crippen LogP contribution in [0.4, 0.5) is 5.69 Å². The van der Waals surface area contributed by atoms with Crippen molar-refractivity contribution in [2.75, 3.05) is 5.73 Å². The summed E-state index contributed by atoms with van der Waals surface area (Å²) in [5, 5.41) is 0.779. The third-order valence-corrected chi connectivity index (χ3v) is 5.80. The number of pyridine rings is 1. The van der Waals surface area contributed by atoms with E-state index < -0.39 is 9.84 Å². The maximum atomic E-state index is 12.7. The number of hydrogen-bond donors (Lipinski definition) is 1. The summed E-state index contributed by atoms with van der Waals surface area (Å²) in [5.74, 6) is 0. The summed E-state index contributed by atoms with van der Waals surface area (Å²) in [6, 6.07) is 18.7. The molecule has 1 heterocycles. The van der Waals surface area contributed by atoms with Gasteiger partial charge in [-0.2, -0.15) is 0 Å². The van der Waals surface area contributed by atoms with Crippen molar-refractivity contribution in [3.05, 3.63) is 72.9 Å². The molecule has 116 valence electrons. The van der Waals surface area contributed by atoms with Crippen molar-refractivity contribution in [1.82, 2.24) is 4.98 Å². The summed E-state index contributed by atoms with van der Waals surface area (Å²) in [5.41, 5.74) is 6.29. The molecule has 0 amide bonds. The number of aromatic nitrogens is 1. The average molecular weight is 342 g/mol. The van der Waals surface area contributed by atoms with E-state index in [1.807, 2.05) is 18.2 Å². The molecule has 0 atom stereocenters. The minimum absolute atomic E-state index is 0.183. The molecule has 0 aliphatic rings. The lowest BCUT2D eigenvalue weighted by Crippen LogP contribution is -2.03. The zero-order valence-electron chi connectivity index (χ0n) is 12.1. The molecule has 6 heteroatoms. The van der Waals surface area contributed by atoms with E-state index in [4.69, 9.17) is 5.73 Å². The van der Waals surface area contributed by atoms with Crippen LogP contribution in [0, 0.1) is 0 Å². The van der Waals surface area contributed by atoms with Crippen LogP contribution in [0.5, 0.6) is 0 Å². The molecule has 0 radical (unpaired) electrons. The van der Waals surface area contributed by atoms with E-state index in [9.17, 15) is 8.42 Å². The average Bonchev–Trinajstić information content (AvgIpc) is 2.56. The summed E-state index contributed by atoms with van der Waals surface area (Å²) in [7, 11) is -3.59. The Morgan fingerprint density at radius 3 is 2.30 bits per heavy atom. The lowest BCUT2D eigenvalue weighted by molar-refractivity contribution is 0.596. The van der Waals surface area contributed by atoms with Gasteiger partial charge in [0.25, 0.3) is 0 Å². The normalized spacial score (nSPS) is 11.3. The monoisotopic (exact) mass is 342 g/mol. The second-order valence-electron chi connectivity index (χ2n) is 4.82. The van der Waals surface area contributed by atoms with Crippen LogP contribution in [0.1, 0.15) is 0 Å². The standard InChI is InChI=1S/C17H14N2O2S2/c18-13-10-14(22-17-8-4-5-9-19-17)12-16(11-13)23(20,21)15-6-2-1-3-7-15/h1-12H,18H2. The summed E-state index contributed by atoms with van der Waals surface area (Å²) >= 11 is 1.37. The van der Waals surface area contributed by atoms with Gasteiger partial charge in [0, 0.05) is 16.8 Å². The van der Waals surface area contributed by atoms with Gasteiger partial charge in [-0.05, 0) is 42.5 Å². The Morgan fingerprint density at radius 2 is 1.61 bits per heavy atom. The van der Waals surface area contributed by atoms with E-state index in [2.05, 4.69) is 4.98 Å². The van der Waals surface area contributed by atoms with Gasteiger partial charge in [-0.25, -0.2) is 13.4 Å². The second kappa shape index (κ2) is 6.44. The van der Waals surface area contributed by atoms with Crippen LogP contribution in [-0.2, 0) is 9.84 Å². The molecule has 0 bridgehead atoms. The molecule has 0 unspecified atom stereocenters. The summed E-state index contributed by atoms with van der Waals surface area (Å²) in [6.45, 7) is 0. The molecule has 0 fully saturated rings. The minimum atomic E-state index is -3.59. The fourth-order valence-corrected chi connectivity index (χ4v) is 4.39. The van der Waals surface area contributed by atoms with Gasteiger partial charge in [-0.3, -0.25) is 0 Å². The highest BCUT2D eigenvalue weighted by atomic mass is 32.2. The third-order valence-electron chi connectivity index (χ3n) is 3.13. The smallest absolute Gasteiger partial charge is 0.206 e. The van der Waals surface area contributed by atoms with Crippen LogP contribution in [0.2, 0.25) is 0 Å². The molecule has 1 aromatic heterocycles. The Labute approximate surface area is 139 Å². The largest absolute Gasteiger partial charge is 0.399 e. The zero-order valence-corrected chi connectivity index (χ0v) is 13.7. The first-order valence-corrected chi connectivity index (χ1v) is 9.15. The third kappa shape index (κ3) is 3.55. The van der Waals surface area contributed by atoms with Crippen LogP contribution in [-0.4, -0.2) is 13.4 Å². The van der Waals surface area contributed by atoms with Gasteiger partial charge in [0.1, 0.15) is 5.03 Å². The predicted molar refractivity (Wildman–Crippen MR) is 91.1 cm³/mol. The molecular formula is C17H14N2O2S2. The van der Waals surface area contributed by atoms with Crippen LogP contribution in [0.25, 0.3) is 0 Å². The first kappa shape index (κ1) is 15.6. The Hall–Kier alpha value is -2.31. The molecule has 3 rings (SSSR count). The first-order valence-electron chi connectivity index (χ1n) is 6.85. The van der Waals surface area contributed by atoms with Crippen molar-refractivity contribution in [2.45, 2.75) is 19.7 Å². The SMILES string of the molecule is Nc1cc(Sc2ccccn2)cc(S(=O)(=O)c2ccccc2)c1. The Bertz CT molecular complexity index is 912. The molecule has 0 aliphatic heterocycles. The maximum Gasteiger partial charge on any atom is 0.206 e. The quantitative estimate of drug-likeness (QED) is 0.733. The van der Waals surface area contributed by atoms with E-state index in [1.54, 1.807) is 48.7 Å². The lowest BCUT2D eigenvalue weighted by atomic mass is 10.3. The number of benzene rings is 2. The van der Waals surface area contributed by atoms with E-state index >= 15 is 0 Å². The summed E-state index contributed by atoms with van der Waals surface area (Å²) in [6.07, 6.45) is 1.69. The molecule has 2 N–H and O–H groups in total. The Morgan fingerprint density at radius 1 is 0.870 bits per heavy atom. The number of nitrogen functional groups attached to an aromatic ring is 1. The van der Waals surface area contributed by atoms with E-state index in [0.29, 0.717) is 5.69 Å². The van der Waals surface area contributed by atoms with Gasteiger partial charge in [-0.15, -0.1) is 0 Å². The van der Waals surface area contributed by atoms with E-state index in [1.165, 1.54) is 17.8 Å². The number of nitrogens with two attached hydrogens (primary N) is 1. The van der Waals surface area contributed by atoms with Crippen molar-refractivity contribution < 1.29 is 8.42 Å². The van der Waals surface area contributed by atoms with Gasteiger partial charge < -0.3 is 5.73 Å². The predicted octanol–water partition coefficient (Wildman–Crippen LogP) is 3.65. The van der Waals surface area contributed by atoms with E-state index in [0.717, 1.165) is 9.92 Å². The molecular weight excluding hydrogens is 328 g/mol. The minimum Gasteiger partial charge on any atom is -0.399 e. The Kier molecular flexibility index (Phi) is 4.36. The Balaban J connectivity index is 2.01. The molecule has 0 saturated carbocycles. The van der Waals surface area contributed by atoms with Gasteiger partial charge in [-0.1, -0.05) is 36.0 Å². The highest BCUT2D eigenvalue weighted by molar-refractivity contribution is 7.99. The highest BCUT2D eigenvalue weighted by Crippen LogP contribution is 2.31. The van der Waals surface area contributed by atoms with Crippen molar-refractivity contribution in [2.24, 2.45) is 0 Å².